The van der Waals surface area contributed by atoms with Gasteiger partial charge in [0.15, 0.2) is 5.76 Å². The zero-order chi connectivity index (χ0) is 16.2. The van der Waals surface area contributed by atoms with Crippen molar-refractivity contribution in [3.05, 3.63) is 41.6 Å². The van der Waals surface area contributed by atoms with Crippen molar-refractivity contribution in [1.29, 1.82) is 0 Å². The van der Waals surface area contributed by atoms with E-state index in [0.29, 0.717) is 5.76 Å². The number of aryl methyl sites for hydroxylation is 2. The van der Waals surface area contributed by atoms with E-state index in [-0.39, 0.29) is 5.91 Å². The molecular formula is C17H24N4O2. The average Bonchev–Trinajstić information content (AvgIpc) is 3.11. The van der Waals surface area contributed by atoms with Crippen molar-refractivity contribution < 1.29 is 9.21 Å². The lowest BCUT2D eigenvalue weighted by Gasteiger charge is -2.21. The number of nitrogens with zero attached hydrogens (tertiary/aromatic N) is 4. The van der Waals surface area contributed by atoms with Crippen molar-refractivity contribution in [3.8, 4) is 0 Å². The third-order valence-electron chi connectivity index (χ3n) is 4.35. The van der Waals surface area contributed by atoms with Crippen LogP contribution in [0.1, 0.15) is 35.0 Å². The maximum Gasteiger partial charge on any atom is 0.289 e. The van der Waals surface area contributed by atoms with Crippen molar-refractivity contribution in [2.45, 2.75) is 33.4 Å². The highest BCUT2D eigenvalue weighted by molar-refractivity contribution is 5.92. The molecule has 1 saturated heterocycles. The topological polar surface area (TPSA) is 54.5 Å². The van der Waals surface area contributed by atoms with Gasteiger partial charge in [0, 0.05) is 56.6 Å². The second-order valence-electron chi connectivity index (χ2n) is 6.06. The van der Waals surface area contributed by atoms with E-state index in [4.69, 9.17) is 4.42 Å². The van der Waals surface area contributed by atoms with Crippen LogP contribution in [0.4, 0.5) is 0 Å². The lowest BCUT2D eigenvalue weighted by Crippen LogP contribution is -2.35. The van der Waals surface area contributed by atoms with E-state index in [0.717, 1.165) is 51.3 Å². The van der Waals surface area contributed by atoms with Crippen LogP contribution in [-0.2, 0) is 13.1 Å². The summed E-state index contributed by atoms with van der Waals surface area (Å²) in [5, 5.41) is 4.32. The number of carbonyl (C=O) groups excluding carboxylic acids is 1. The highest BCUT2D eigenvalue weighted by Crippen LogP contribution is 2.15. The molecule has 23 heavy (non-hydrogen) atoms. The highest BCUT2D eigenvalue weighted by Gasteiger charge is 2.23. The van der Waals surface area contributed by atoms with Crippen molar-refractivity contribution in [1.82, 2.24) is 19.6 Å². The maximum absolute atomic E-state index is 12.5. The second-order valence-corrected chi connectivity index (χ2v) is 6.06. The lowest BCUT2D eigenvalue weighted by molar-refractivity contribution is 0.0728. The molecule has 0 atom stereocenters. The van der Waals surface area contributed by atoms with Crippen LogP contribution >= 0.6 is 0 Å². The second kappa shape index (κ2) is 7.00. The SMILES string of the molecule is CCn1cc(CN2CCCN(C(=O)c3occc3C)CC2)cn1. The minimum atomic E-state index is 0.00755. The standard InChI is InChI=1S/C17H24N4O2/c1-3-21-13-15(11-18-21)12-19-6-4-7-20(9-8-19)17(22)16-14(2)5-10-23-16/h5,10-11,13H,3-4,6-9,12H2,1-2H3. The Bertz CT molecular complexity index is 661. The van der Waals surface area contributed by atoms with Crippen LogP contribution < -0.4 is 0 Å². The molecule has 0 unspecified atom stereocenters. The number of carbonyl (C=O) groups is 1. The van der Waals surface area contributed by atoms with Crippen molar-refractivity contribution in [2.24, 2.45) is 0 Å². The molecule has 0 aromatic carbocycles. The van der Waals surface area contributed by atoms with E-state index in [2.05, 4.69) is 23.1 Å². The molecule has 2 aromatic heterocycles. The first kappa shape index (κ1) is 15.8. The molecule has 1 aliphatic rings. The fourth-order valence-electron chi connectivity index (χ4n) is 2.99. The molecule has 6 nitrogen and oxygen atoms in total. The van der Waals surface area contributed by atoms with Crippen molar-refractivity contribution >= 4 is 5.91 Å². The number of amides is 1. The molecular weight excluding hydrogens is 292 g/mol. The number of rotatable bonds is 4. The molecule has 1 fully saturated rings. The Morgan fingerprint density at radius 1 is 1.30 bits per heavy atom. The summed E-state index contributed by atoms with van der Waals surface area (Å²) in [6.45, 7) is 9.17. The van der Waals surface area contributed by atoms with Gasteiger partial charge >= 0.3 is 0 Å². The first-order chi connectivity index (χ1) is 11.2. The zero-order valence-corrected chi connectivity index (χ0v) is 13.9. The Hall–Kier alpha value is -2.08. The van der Waals surface area contributed by atoms with Crippen molar-refractivity contribution in [3.63, 3.8) is 0 Å². The largest absolute Gasteiger partial charge is 0.459 e. The average molecular weight is 316 g/mol. The summed E-state index contributed by atoms with van der Waals surface area (Å²) in [5.74, 6) is 0.482. The van der Waals surface area contributed by atoms with Crippen LogP contribution in [0, 0.1) is 6.92 Å². The first-order valence-corrected chi connectivity index (χ1v) is 8.24. The van der Waals surface area contributed by atoms with Crippen LogP contribution in [0.3, 0.4) is 0 Å². The molecule has 0 aliphatic carbocycles. The smallest absolute Gasteiger partial charge is 0.289 e. The summed E-state index contributed by atoms with van der Waals surface area (Å²) >= 11 is 0. The van der Waals surface area contributed by atoms with Gasteiger partial charge in [-0.25, -0.2) is 0 Å². The fourth-order valence-corrected chi connectivity index (χ4v) is 2.99. The van der Waals surface area contributed by atoms with Crippen LogP contribution in [0.15, 0.2) is 29.1 Å². The van der Waals surface area contributed by atoms with Crippen LogP contribution in [0.2, 0.25) is 0 Å². The van der Waals surface area contributed by atoms with Gasteiger partial charge in [0.1, 0.15) is 0 Å². The number of hydrogen-bond donors (Lipinski definition) is 0. The molecule has 0 N–H and O–H groups in total. The minimum Gasteiger partial charge on any atom is -0.459 e. The molecule has 124 valence electrons. The third kappa shape index (κ3) is 3.64. The molecule has 3 heterocycles. The maximum atomic E-state index is 12.5. The van der Waals surface area contributed by atoms with E-state index in [1.807, 2.05) is 28.8 Å². The van der Waals surface area contributed by atoms with Gasteiger partial charge in [0.05, 0.1) is 12.5 Å². The zero-order valence-electron chi connectivity index (χ0n) is 13.9. The van der Waals surface area contributed by atoms with E-state index in [1.54, 1.807) is 6.26 Å². The fraction of sp³-hybridized carbons (Fsp3) is 0.529. The van der Waals surface area contributed by atoms with E-state index in [1.165, 1.54) is 5.56 Å². The number of aromatic nitrogens is 2. The third-order valence-corrected chi connectivity index (χ3v) is 4.35. The quantitative estimate of drug-likeness (QED) is 0.867. The van der Waals surface area contributed by atoms with Gasteiger partial charge in [-0.05, 0) is 26.3 Å². The summed E-state index contributed by atoms with van der Waals surface area (Å²) < 4.78 is 7.29. The van der Waals surface area contributed by atoms with Crippen molar-refractivity contribution in [2.75, 3.05) is 26.2 Å². The Labute approximate surface area is 136 Å². The molecule has 0 radical (unpaired) electrons. The molecule has 0 bridgehead atoms. The van der Waals surface area contributed by atoms with E-state index >= 15 is 0 Å². The number of furan rings is 1. The molecule has 2 aromatic rings. The lowest BCUT2D eigenvalue weighted by atomic mass is 10.2. The Balaban J connectivity index is 1.58. The van der Waals surface area contributed by atoms with E-state index in [9.17, 15) is 4.79 Å². The van der Waals surface area contributed by atoms with Gasteiger partial charge in [0.25, 0.3) is 5.91 Å². The van der Waals surface area contributed by atoms with E-state index < -0.39 is 0 Å². The molecule has 0 saturated carbocycles. The van der Waals surface area contributed by atoms with Crippen LogP contribution in [0.25, 0.3) is 0 Å². The minimum absolute atomic E-state index is 0.00755. The Kier molecular flexibility index (Phi) is 4.81. The normalized spacial score (nSPS) is 16.5. The van der Waals surface area contributed by atoms with Crippen LogP contribution in [0.5, 0.6) is 0 Å². The molecule has 1 aliphatic heterocycles. The monoisotopic (exact) mass is 316 g/mol. The summed E-state index contributed by atoms with van der Waals surface area (Å²) in [7, 11) is 0. The predicted octanol–water partition coefficient (Wildman–Crippen LogP) is 2.15. The van der Waals surface area contributed by atoms with Gasteiger partial charge in [-0.2, -0.15) is 5.10 Å². The Morgan fingerprint density at radius 2 is 2.17 bits per heavy atom. The van der Waals surface area contributed by atoms with Gasteiger partial charge in [-0.1, -0.05) is 0 Å². The summed E-state index contributed by atoms with van der Waals surface area (Å²) in [4.78, 5) is 16.8. The van der Waals surface area contributed by atoms with Gasteiger partial charge in [-0.3, -0.25) is 14.4 Å². The van der Waals surface area contributed by atoms with Gasteiger partial charge in [-0.15, -0.1) is 0 Å². The summed E-state index contributed by atoms with van der Waals surface area (Å²) in [5.41, 5.74) is 2.14. The summed E-state index contributed by atoms with van der Waals surface area (Å²) in [6.07, 6.45) is 6.59. The Morgan fingerprint density at radius 3 is 2.87 bits per heavy atom. The van der Waals surface area contributed by atoms with Gasteiger partial charge in [0.2, 0.25) is 0 Å². The predicted molar refractivity (Wildman–Crippen MR) is 87.1 cm³/mol. The molecule has 3 rings (SSSR count). The highest BCUT2D eigenvalue weighted by atomic mass is 16.3. The molecule has 1 amide bonds. The summed E-state index contributed by atoms with van der Waals surface area (Å²) in [6, 6.07) is 1.84. The number of hydrogen-bond acceptors (Lipinski definition) is 4. The van der Waals surface area contributed by atoms with Gasteiger partial charge < -0.3 is 9.32 Å². The molecule has 6 heteroatoms. The van der Waals surface area contributed by atoms with Crippen LogP contribution in [-0.4, -0.2) is 51.7 Å². The molecule has 0 spiro atoms. The first-order valence-electron chi connectivity index (χ1n) is 8.24.